The number of carbonyl (C=O) groups excluding carboxylic acids is 2. The van der Waals surface area contributed by atoms with Crippen LogP contribution < -0.4 is 10.6 Å². The molecule has 0 unspecified atom stereocenters. The highest BCUT2D eigenvalue weighted by atomic mass is 16.2. The fourth-order valence-electron chi connectivity index (χ4n) is 4.22. The zero-order valence-electron chi connectivity index (χ0n) is 16.9. The van der Waals surface area contributed by atoms with Crippen molar-refractivity contribution < 1.29 is 9.59 Å². The maximum absolute atomic E-state index is 12.5. The van der Waals surface area contributed by atoms with Crippen LogP contribution in [0.4, 0.5) is 0 Å². The molecule has 3 heterocycles. The van der Waals surface area contributed by atoms with Gasteiger partial charge in [0.1, 0.15) is 0 Å². The summed E-state index contributed by atoms with van der Waals surface area (Å²) in [6.07, 6.45) is 8.53. The van der Waals surface area contributed by atoms with Crippen molar-refractivity contribution in [2.45, 2.75) is 57.7 Å². The molecule has 0 radical (unpaired) electrons. The van der Waals surface area contributed by atoms with E-state index in [2.05, 4.69) is 30.7 Å². The maximum atomic E-state index is 12.5. The van der Waals surface area contributed by atoms with Gasteiger partial charge in [0.25, 0.3) is 5.91 Å². The topological polar surface area (TPSA) is 106 Å². The van der Waals surface area contributed by atoms with Crippen molar-refractivity contribution >= 4 is 11.8 Å². The molecule has 29 heavy (non-hydrogen) atoms. The lowest BCUT2D eigenvalue weighted by atomic mass is 10.1. The van der Waals surface area contributed by atoms with Crippen molar-refractivity contribution in [3.05, 3.63) is 41.5 Å². The summed E-state index contributed by atoms with van der Waals surface area (Å²) in [7, 11) is 0. The molecule has 2 amide bonds. The zero-order chi connectivity index (χ0) is 20.2. The second-order valence-corrected chi connectivity index (χ2v) is 8.31. The Morgan fingerprint density at radius 3 is 2.69 bits per heavy atom. The number of aromatic nitrogens is 3. The molecule has 0 bridgehead atoms. The number of likely N-dealkylation sites (tertiary alicyclic amines) is 1. The van der Waals surface area contributed by atoms with Crippen molar-refractivity contribution in [2.75, 3.05) is 13.1 Å². The van der Waals surface area contributed by atoms with Crippen molar-refractivity contribution in [2.24, 2.45) is 5.92 Å². The van der Waals surface area contributed by atoms with E-state index in [-0.39, 0.29) is 17.9 Å². The number of hydrogen-bond donors (Lipinski definition) is 4. The third-order valence-electron chi connectivity index (χ3n) is 6.09. The SMILES string of the molecule is Cc1[nH]ccc1C(=O)NC[C@@H]1CC[C@H](CC(=O)NCc2ccn[nH]2)N1CC1CC1. The molecule has 8 heteroatoms. The Morgan fingerprint density at radius 1 is 1.17 bits per heavy atom. The Labute approximate surface area is 170 Å². The molecule has 1 aliphatic carbocycles. The molecule has 0 aromatic carbocycles. The predicted octanol–water partition coefficient (Wildman–Crippen LogP) is 1.73. The van der Waals surface area contributed by atoms with E-state index in [4.69, 9.17) is 0 Å². The first-order valence-electron chi connectivity index (χ1n) is 10.5. The smallest absolute Gasteiger partial charge is 0.253 e. The number of aryl methyl sites for hydroxylation is 1. The first-order valence-corrected chi connectivity index (χ1v) is 10.5. The fourth-order valence-corrected chi connectivity index (χ4v) is 4.22. The summed E-state index contributed by atoms with van der Waals surface area (Å²) in [6.45, 7) is 4.04. The van der Waals surface area contributed by atoms with Gasteiger partial charge in [-0.1, -0.05) is 0 Å². The summed E-state index contributed by atoms with van der Waals surface area (Å²) in [5, 5.41) is 12.8. The van der Waals surface area contributed by atoms with Gasteiger partial charge in [0.15, 0.2) is 0 Å². The molecule has 1 saturated carbocycles. The summed E-state index contributed by atoms with van der Waals surface area (Å²) in [5.74, 6) is 0.780. The van der Waals surface area contributed by atoms with Gasteiger partial charge in [-0.15, -0.1) is 0 Å². The number of H-pyrrole nitrogens is 2. The normalized spacial score (nSPS) is 22.0. The number of nitrogens with one attached hydrogen (secondary N) is 4. The molecule has 4 rings (SSSR count). The Kier molecular flexibility index (Phi) is 5.99. The molecular formula is C21H30N6O2. The first-order chi connectivity index (χ1) is 14.1. The standard InChI is InChI=1S/C21H30N6O2/c1-14-19(7-8-22-14)21(29)24-12-18-5-4-17(27(18)13-15-2-3-15)10-20(28)23-11-16-6-9-25-26-16/h6-9,15,17-18,22H,2-5,10-13H2,1H3,(H,23,28)(H,24,29)(H,25,26)/t17-,18+/m1/s1. The highest BCUT2D eigenvalue weighted by Crippen LogP contribution is 2.35. The highest BCUT2D eigenvalue weighted by molar-refractivity contribution is 5.95. The molecular weight excluding hydrogens is 368 g/mol. The van der Waals surface area contributed by atoms with Crippen LogP contribution in [-0.4, -0.2) is 57.1 Å². The monoisotopic (exact) mass is 398 g/mol. The van der Waals surface area contributed by atoms with Gasteiger partial charge < -0.3 is 15.6 Å². The van der Waals surface area contributed by atoms with E-state index in [9.17, 15) is 9.59 Å². The van der Waals surface area contributed by atoms with Crippen LogP contribution in [0.2, 0.25) is 0 Å². The Morgan fingerprint density at radius 2 is 2.00 bits per heavy atom. The molecule has 0 spiro atoms. The summed E-state index contributed by atoms with van der Waals surface area (Å²) >= 11 is 0. The van der Waals surface area contributed by atoms with Crippen LogP contribution in [0.1, 0.15) is 53.8 Å². The third-order valence-corrected chi connectivity index (χ3v) is 6.09. The minimum atomic E-state index is -0.0316. The van der Waals surface area contributed by atoms with Gasteiger partial charge in [-0.3, -0.25) is 19.6 Å². The Hall–Kier alpha value is -2.61. The van der Waals surface area contributed by atoms with Crippen LogP contribution in [0.3, 0.4) is 0 Å². The van der Waals surface area contributed by atoms with Crippen LogP contribution in [-0.2, 0) is 11.3 Å². The summed E-state index contributed by atoms with van der Waals surface area (Å²) in [4.78, 5) is 30.4. The van der Waals surface area contributed by atoms with Gasteiger partial charge in [-0.25, -0.2) is 0 Å². The van der Waals surface area contributed by atoms with E-state index in [0.29, 0.717) is 31.1 Å². The lowest BCUT2D eigenvalue weighted by molar-refractivity contribution is -0.122. The third kappa shape index (κ3) is 5.06. The average Bonchev–Trinajstić information content (AvgIpc) is 3.07. The van der Waals surface area contributed by atoms with Crippen LogP contribution in [0.15, 0.2) is 24.5 Å². The second kappa shape index (κ2) is 8.82. The van der Waals surface area contributed by atoms with Crippen molar-refractivity contribution in [1.29, 1.82) is 0 Å². The van der Waals surface area contributed by atoms with Gasteiger partial charge in [-0.05, 0) is 50.7 Å². The van der Waals surface area contributed by atoms with Crippen molar-refractivity contribution in [1.82, 2.24) is 30.7 Å². The van der Waals surface area contributed by atoms with Crippen LogP contribution in [0.25, 0.3) is 0 Å². The molecule has 1 aliphatic heterocycles. The first kappa shape index (κ1) is 19.7. The van der Waals surface area contributed by atoms with Gasteiger partial charge >= 0.3 is 0 Å². The van der Waals surface area contributed by atoms with Gasteiger partial charge in [0, 0.05) is 49.7 Å². The van der Waals surface area contributed by atoms with E-state index >= 15 is 0 Å². The summed E-state index contributed by atoms with van der Waals surface area (Å²) in [6, 6.07) is 4.21. The fraction of sp³-hybridized carbons (Fsp3) is 0.571. The highest BCUT2D eigenvalue weighted by Gasteiger charge is 2.38. The predicted molar refractivity (Wildman–Crippen MR) is 109 cm³/mol. The number of amides is 2. The second-order valence-electron chi connectivity index (χ2n) is 8.31. The molecule has 1 saturated heterocycles. The summed E-state index contributed by atoms with van der Waals surface area (Å²) < 4.78 is 0. The zero-order valence-corrected chi connectivity index (χ0v) is 16.9. The van der Waals surface area contributed by atoms with Gasteiger partial charge in [0.05, 0.1) is 17.8 Å². The Balaban J connectivity index is 1.30. The largest absolute Gasteiger partial charge is 0.365 e. The van der Waals surface area contributed by atoms with Gasteiger partial charge in [0.2, 0.25) is 5.91 Å². The number of rotatable bonds is 9. The average molecular weight is 399 g/mol. The minimum Gasteiger partial charge on any atom is -0.365 e. The molecule has 2 fully saturated rings. The molecule has 4 N–H and O–H groups in total. The van der Waals surface area contributed by atoms with E-state index < -0.39 is 0 Å². The quantitative estimate of drug-likeness (QED) is 0.516. The van der Waals surface area contributed by atoms with Gasteiger partial charge in [-0.2, -0.15) is 5.10 Å². The van der Waals surface area contributed by atoms with Crippen molar-refractivity contribution in [3.8, 4) is 0 Å². The van der Waals surface area contributed by atoms with Crippen LogP contribution in [0, 0.1) is 12.8 Å². The van der Waals surface area contributed by atoms with E-state index in [1.54, 1.807) is 12.4 Å². The Bertz CT molecular complexity index is 826. The minimum absolute atomic E-state index is 0.0316. The van der Waals surface area contributed by atoms with Crippen molar-refractivity contribution in [3.63, 3.8) is 0 Å². The maximum Gasteiger partial charge on any atom is 0.253 e. The molecule has 2 atom stereocenters. The number of nitrogens with zero attached hydrogens (tertiary/aromatic N) is 2. The molecule has 2 aliphatic rings. The van der Waals surface area contributed by atoms with Crippen LogP contribution in [0.5, 0.6) is 0 Å². The number of carbonyl (C=O) groups is 2. The molecule has 156 valence electrons. The van der Waals surface area contributed by atoms with E-state index in [1.165, 1.54) is 12.8 Å². The van der Waals surface area contributed by atoms with E-state index in [0.717, 1.165) is 36.7 Å². The lowest BCUT2D eigenvalue weighted by Crippen LogP contribution is -2.45. The lowest BCUT2D eigenvalue weighted by Gasteiger charge is -2.30. The van der Waals surface area contributed by atoms with E-state index in [1.807, 2.05) is 19.1 Å². The number of hydrogen-bond acceptors (Lipinski definition) is 4. The number of aromatic amines is 2. The molecule has 2 aromatic heterocycles. The summed E-state index contributed by atoms with van der Waals surface area (Å²) in [5.41, 5.74) is 2.49. The van der Waals surface area contributed by atoms with Crippen LogP contribution >= 0.6 is 0 Å². The molecule has 8 nitrogen and oxygen atoms in total. The molecule has 2 aromatic rings.